The van der Waals surface area contributed by atoms with Crippen LogP contribution in [0, 0.1) is 11.6 Å². The monoisotopic (exact) mass is 271 g/mol. The minimum absolute atomic E-state index is 0.0531. The molecule has 0 radical (unpaired) electrons. The summed E-state index contributed by atoms with van der Waals surface area (Å²) >= 11 is 0. The summed E-state index contributed by atoms with van der Waals surface area (Å²) in [4.78, 5) is 22.2. The van der Waals surface area contributed by atoms with E-state index in [4.69, 9.17) is 5.11 Å². The Labute approximate surface area is 109 Å². The topological polar surface area (TPSA) is 66.4 Å². The second-order valence-electron chi connectivity index (χ2n) is 4.16. The summed E-state index contributed by atoms with van der Waals surface area (Å²) in [6, 6.07) is 3.09. The lowest BCUT2D eigenvalue weighted by Gasteiger charge is -2.14. The number of carboxylic acids is 1. The molecule has 19 heavy (non-hydrogen) atoms. The normalized spacial score (nSPS) is 11.9. The third-order valence-corrected chi connectivity index (χ3v) is 2.66. The van der Waals surface area contributed by atoms with Crippen LogP contribution in [0.4, 0.5) is 8.78 Å². The SMILES string of the molecule is CCC(CC(=O)O)NC(=O)Cc1cccc(F)c1F. The average Bonchev–Trinajstić information content (AvgIpc) is 2.33. The number of carbonyl (C=O) groups is 2. The van der Waals surface area contributed by atoms with Gasteiger partial charge in [0.05, 0.1) is 12.8 Å². The molecule has 1 aromatic rings. The first-order chi connectivity index (χ1) is 8.93. The molecule has 0 aromatic heterocycles. The third-order valence-electron chi connectivity index (χ3n) is 2.66. The molecule has 0 aliphatic heterocycles. The van der Waals surface area contributed by atoms with Crippen molar-refractivity contribution in [3.8, 4) is 0 Å². The highest BCUT2D eigenvalue weighted by molar-refractivity contribution is 5.79. The molecule has 2 N–H and O–H groups in total. The molecule has 1 rings (SSSR count). The standard InChI is InChI=1S/C13H15F2NO3/c1-2-9(7-12(18)19)16-11(17)6-8-4-3-5-10(14)13(8)15/h3-5,9H,2,6-7H2,1H3,(H,16,17)(H,18,19). The molecule has 4 nitrogen and oxygen atoms in total. The summed E-state index contributed by atoms with van der Waals surface area (Å²) in [5, 5.41) is 11.1. The van der Waals surface area contributed by atoms with E-state index in [1.807, 2.05) is 0 Å². The number of carbonyl (C=O) groups excluding carboxylic acids is 1. The molecule has 0 saturated carbocycles. The summed E-state index contributed by atoms with van der Waals surface area (Å²) in [5.74, 6) is -3.62. The lowest BCUT2D eigenvalue weighted by atomic mass is 10.1. The fourth-order valence-corrected chi connectivity index (χ4v) is 1.64. The van der Waals surface area contributed by atoms with Crippen LogP contribution >= 0.6 is 0 Å². The lowest BCUT2D eigenvalue weighted by Crippen LogP contribution is -2.37. The van der Waals surface area contributed by atoms with Crippen LogP contribution in [0.25, 0.3) is 0 Å². The van der Waals surface area contributed by atoms with Gasteiger partial charge in [-0.25, -0.2) is 8.78 Å². The van der Waals surface area contributed by atoms with E-state index in [9.17, 15) is 18.4 Å². The molecule has 0 aliphatic carbocycles. The Morgan fingerprint density at radius 3 is 2.63 bits per heavy atom. The fourth-order valence-electron chi connectivity index (χ4n) is 1.64. The van der Waals surface area contributed by atoms with Crippen molar-refractivity contribution in [3.63, 3.8) is 0 Å². The van der Waals surface area contributed by atoms with Crippen LogP contribution in [0.3, 0.4) is 0 Å². The van der Waals surface area contributed by atoms with Crippen LogP contribution in [0.2, 0.25) is 0 Å². The van der Waals surface area contributed by atoms with E-state index in [1.54, 1.807) is 6.92 Å². The van der Waals surface area contributed by atoms with Crippen molar-refractivity contribution in [2.24, 2.45) is 0 Å². The van der Waals surface area contributed by atoms with Gasteiger partial charge < -0.3 is 10.4 Å². The van der Waals surface area contributed by atoms with E-state index in [1.165, 1.54) is 12.1 Å². The molecule has 0 bridgehead atoms. The molecule has 0 heterocycles. The molecule has 0 spiro atoms. The zero-order valence-electron chi connectivity index (χ0n) is 10.5. The van der Waals surface area contributed by atoms with Crippen LogP contribution < -0.4 is 5.32 Å². The number of benzene rings is 1. The maximum atomic E-state index is 13.3. The van der Waals surface area contributed by atoms with Gasteiger partial charge >= 0.3 is 5.97 Å². The third kappa shape index (κ3) is 4.65. The molecule has 0 aliphatic rings. The van der Waals surface area contributed by atoms with Gasteiger partial charge in [-0.05, 0) is 12.5 Å². The van der Waals surface area contributed by atoms with E-state index >= 15 is 0 Å². The highest BCUT2D eigenvalue weighted by Gasteiger charge is 2.16. The van der Waals surface area contributed by atoms with Gasteiger partial charge in [-0.15, -0.1) is 0 Å². The Bertz CT molecular complexity index is 477. The highest BCUT2D eigenvalue weighted by atomic mass is 19.2. The number of hydrogen-bond donors (Lipinski definition) is 2. The Morgan fingerprint density at radius 2 is 2.05 bits per heavy atom. The number of aliphatic carboxylic acids is 1. The largest absolute Gasteiger partial charge is 0.481 e. The van der Waals surface area contributed by atoms with Crippen LogP contribution in [0.15, 0.2) is 18.2 Å². The van der Waals surface area contributed by atoms with Crippen molar-refractivity contribution >= 4 is 11.9 Å². The van der Waals surface area contributed by atoms with E-state index in [-0.39, 0.29) is 18.4 Å². The molecular weight excluding hydrogens is 256 g/mol. The van der Waals surface area contributed by atoms with E-state index in [2.05, 4.69) is 5.32 Å². The smallest absolute Gasteiger partial charge is 0.305 e. The van der Waals surface area contributed by atoms with Crippen molar-refractivity contribution in [1.29, 1.82) is 0 Å². The quantitative estimate of drug-likeness (QED) is 0.830. The predicted molar refractivity (Wildman–Crippen MR) is 64.5 cm³/mol. The summed E-state index contributed by atoms with van der Waals surface area (Å²) in [6.45, 7) is 1.73. The number of halogens is 2. The van der Waals surface area contributed by atoms with Gasteiger partial charge in [-0.2, -0.15) is 0 Å². The van der Waals surface area contributed by atoms with Gasteiger partial charge in [0, 0.05) is 11.6 Å². The first kappa shape index (κ1) is 15.1. The Kier molecular flexibility index (Phi) is 5.41. The molecule has 0 saturated heterocycles. The van der Waals surface area contributed by atoms with Crippen molar-refractivity contribution in [2.75, 3.05) is 0 Å². The van der Waals surface area contributed by atoms with E-state index < -0.39 is 29.6 Å². The molecular formula is C13H15F2NO3. The number of rotatable bonds is 6. The Hall–Kier alpha value is -1.98. The minimum Gasteiger partial charge on any atom is -0.481 e. The van der Waals surface area contributed by atoms with Crippen LogP contribution in [-0.2, 0) is 16.0 Å². The predicted octanol–water partition coefficient (Wildman–Crippen LogP) is 1.88. The molecule has 1 aromatic carbocycles. The molecule has 1 atom stereocenters. The summed E-state index contributed by atoms with van der Waals surface area (Å²) in [7, 11) is 0. The molecule has 1 unspecified atom stereocenters. The number of nitrogens with one attached hydrogen (secondary N) is 1. The number of amides is 1. The summed E-state index contributed by atoms with van der Waals surface area (Å²) in [5.41, 5.74) is -0.0531. The number of hydrogen-bond acceptors (Lipinski definition) is 2. The van der Waals surface area contributed by atoms with E-state index in [0.29, 0.717) is 6.42 Å². The van der Waals surface area contributed by atoms with E-state index in [0.717, 1.165) is 6.07 Å². The van der Waals surface area contributed by atoms with Crippen molar-refractivity contribution in [1.82, 2.24) is 5.32 Å². The zero-order valence-corrected chi connectivity index (χ0v) is 10.5. The van der Waals surface area contributed by atoms with Crippen molar-refractivity contribution < 1.29 is 23.5 Å². The molecule has 6 heteroatoms. The fraction of sp³-hybridized carbons (Fsp3) is 0.385. The summed E-state index contributed by atoms with van der Waals surface area (Å²) in [6.07, 6.45) is -0.0722. The van der Waals surface area contributed by atoms with Gasteiger partial charge in [0.2, 0.25) is 5.91 Å². The van der Waals surface area contributed by atoms with Gasteiger partial charge in [0.15, 0.2) is 11.6 Å². The van der Waals surface area contributed by atoms with Crippen LogP contribution in [0.5, 0.6) is 0 Å². The molecule has 0 fully saturated rings. The van der Waals surface area contributed by atoms with Gasteiger partial charge in [-0.1, -0.05) is 19.1 Å². The van der Waals surface area contributed by atoms with Crippen molar-refractivity contribution in [3.05, 3.63) is 35.4 Å². The van der Waals surface area contributed by atoms with Gasteiger partial charge in [-0.3, -0.25) is 9.59 Å². The van der Waals surface area contributed by atoms with Crippen molar-refractivity contribution in [2.45, 2.75) is 32.2 Å². The van der Waals surface area contributed by atoms with Gasteiger partial charge in [0.25, 0.3) is 0 Å². The molecule has 104 valence electrons. The second kappa shape index (κ2) is 6.82. The summed E-state index contributed by atoms with van der Waals surface area (Å²) < 4.78 is 26.3. The Morgan fingerprint density at radius 1 is 1.37 bits per heavy atom. The van der Waals surface area contributed by atoms with Gasteiger partial charge in [0.1, 0.15) is 0 Å². The zero-order chi connectivity index (χ0) is 14.4. The maximum Gasteiger partial charge on any atom is 0.305 e. The first-order valence-electron chi connectivity index (χ1n) is 5.88. The maximum absolute atomic E-state index is 13.3. The number of carboxylic acid groups (broad SMARTS) is 1. The Balaban J connectivity index is 2.64. The molecule has 1 amide bonds. The minimum atomic E-state index is -1.05. The van der Waals surface area contributed by atoms with Crippen LogP contribution in [0.1, 0.15) is 25.3 Å². The average molecular weight is 271 g/mol. The first-order valence-corrected chi connectivity index (χ1v) is 5.88. The lowest BCUT2D eigenvalue weighted by molar-refractivity contribution is -0.137. The highest BCUT2D eigenvalue weighted by Crippen LogP contribution is 2.12. The van der Waals surface area contributed by atoms with Crippen LogP contribution in [-0.4, -0.2) is 23.0 Å². The second-order valence-corrected chi connectivity index (χ2v) is 4.16.